The predicted octanol–water partition coefficient (Wildman–Crippen LogP) is 2.70. The van der Waals surface area contributed by atoms with Gasteiger partial charge in [0.2, 0.25) is 0 Å². The normalized spacial score (nSPS) is 17.4. The van der Waals surface area contributed by atoms with Crippen LogP contribution in [0.25, 0.3) is 0 Å². The third-order valence-electron chi connectivity index (χ3n) is 4.79. The van der Waals surface area contributed by atoms with Crippen molar-refractivity contribution in [3.05, 3.63) is 23.7 Å². The second-order valence-corrected chi connectivity index (χ2v) is 6.69. The Hall–Kier alpha value is -0.840. The van der Waals surface area contributed by atoms with Crippen molar-refractivity contribution in [2.24, 2.45) is 0 Å². The van der Waals surface area contributed by atoms with Crippen LogP contribution in [0.5, 0.6) is 0 Å². The van der Waals surface area contributed by atoms with Crippen molar-refractivity contribution in [1.82, 2.24) is 15.1 Å². The number of likely N-dealkylation sites (N-methyl/N-ethyl adjacent to an activating group) is 2. The quantitative estimate of drug-likeness (QED) is 0.709. The molecule has 0 aliphatic heterocycles. The van der Waals surface area contributed by atoms with Crippen molar-refractivity contribution < 1.29 is 4.42 Å². The monoisotopic (exact) mass is 293 g/mol. The summed E-state index contributed by atoms with van der Waals surface area (Å²) < 4.78 is 5.63. The highest BCUT2D eigenvalue weighted by Gasteiger charge is 2.39. The maximum absolute atomic E-state index is 5.63. The van der Waals surface area contributed by atoms with Crippen LogP contribution in [0.4, 0.5) is 0 Å². The Bertz CT molecular complexity index is 423. The summed E-state index contributed by atoms with van der Waals surface area (Å²) in [6.07, 6.45) is 6.98. The van der Waals surface area contributed by atoms with Crippen molar-refractivity contribution >= 4 is 0 Å². The first-order valence-corrected chi connectivity index (χ1v) is 8.19. The first kappa shape index (κ1) is 16.5. The zero-order valence-electron chi connectivity index (χ0n) is 14.1. The lowest BCUT2D eigenvalue weighted by Crippen LogP contribution is -2.56. The zero-order chi connectivity index (χ0) is 15.3. The molecule has 1 aromatic rings. The molecule has 1 saturated carbocycles. The summed E-state index contributed by atoms with van der Waals surface area (Å²) in [4.78, 5) is 4.85. The second-order valence-electron chi connectivity index (χ2n) is 6.69. The van der Waals surface area contributed by atoms with Crippen LogP contribution in [0, 0.1) is 0 Å². The molecule has 1 aliphatic rings. The lowest BCUT2D eigenvalue weighted by atomic mass is 9.75. The molecule has 1 N–H and O–H groups in total. The van der Waals surface area contributed by atoms with E-state index in [2.05, 4.69) is 49.2 Å². The van der Waals surface area contributed by atoms with Crippen LogP contribution in [0.2, 0.25) is 0 Å². The Balaban J connectivity index is 1.88. The summed E-state index contributed by atoms with van der Waals surface area (Å²) in [5.74, 6) is 1.09. The minimum atomic E-state index is 0.388. The van der Waals surface area contributed by atoms with Crippen molar-refractivity contribution in [2.45, 2.75) is 51.2 Å². The Morgan fingerprint density at radius 2 is 2.05 bits per heavy atom. The summed E-state index contributed by atoms with van der Waals surface area (Å²) in [7, 11) is 6.65. The van der Waals surface area contributed by atoms with Crippen molar-refractivity contribution in [3.63, 3.8) is 0 Å². The fourth-order valence-corrected chi connectivity index (χ4v) is 3.22. The largest absolute Gasteiger partial charge is 0.468 e. The van der Waals surface area contributed by atoms with Gasteiger partial charge in [0.15, 0.2) is 0 Å². The Labute approximate surface area is 129 Å². The van der Waals surface area contributed by atoms with Gasteiger partial charge in [0, 0.05) is 24.2 Å². The van der Waals surface area contributed by atoms with E-state index in [9.17, 15) is 0 Å². The molecule has 120 valence electrons. The third kappa shape index (κ3) is 4.09. The number of hydrogen-bond donors (Lipinski definition) is 1. The van der Waals surface area contributed by atoms with E-state index in [1.54, 1.807) is 0 Å². The van der Waals surface area contributed by atoms with Gasteiger partial charge in [0.1, 0.15) is 5.76 Å². The van der Waals surface area contributed by atoms with Gasteiger partial charge in [-0.2, -0.15) is 0 Å². The molecule has 0 aromatic carbocycles. The molecule has 0 atom stereocenters. The van der Waals surface area contributed by atoms with Crippen LogP contribution in [0.3, 0.4) is 0 Å². The lowest BCUT2D eigenvalue weighted by Gasteiger charge is -2.49. The number of nitrogens with zero attached hydrogens (tertiary/aromatic N) is 2. The van der Waals surface area contributed by atoms with Gasteiger partial charge in [0.05, 0.1) is 12.8 Å². The molecule has 1 fully saturated rings. The smallest absolute Gasteiger partial charge is 0.122 e. The predicted molar refractivity (Wildman–Crippen MR) is 87.3 cm³/mol. The Morgan fingerprint density at radius 1 is 1.29 bits per heavy atom. The Morgan fingerprint density at radius 3 is 2.62 bits per heavy atom. The minimum absolute atomic E-state index is 0.388. The average molecular weight is 293 g/mol. The van der Waals surface area contributed by atoms with Crippen LogP contribution < -0.4 is 5.32 Å². The Kier molecular flexibility index (Phi) is 5.85. The summed E-state index contributed by atoms with van der Waals surface area (Å²) >= 11 is 0. The van der Waals surface area contributed by atoms with Crippen LogP contribution in [0.15, 0.2) is 16.7 Å². The van der Waals surface area contributed by atoms with E-state index >= 15 is 0 Å². The number of nitrogens with one attached hydrogen (secondary N) is 1. The van der Waals surface area contributed by atoms with Crippen LogP contribution in [0.1, 0.15) is 43.9 Å². The highest BCUT2D eigenvalue weighted by Crippen LogP contribution is 2.36. The first-order valence-electron chi connectivity index (χ1n) is 8.19. The molecule has 1 aliphatic carbocycles. The molecule has 1 heterocycles. The molecular weight excluding hydrogens is 262 g/mol. The second kappa shape index (κ2) is 7.43. The number of hydrogen-bond acceptors (Lipinski definition) is 4. The van der Waals surface area contributed by atoms with E-state index in [1.165, 1.54) is 24.8 Å². The van der Waals surface area contributed by atoms with Gasteiger partial charge in [-0.15, -0.1) is 0 Å². The molecule has 0 saturated heterocycles. The maximum Gasteiger partial charge on any atom is 0.122 e. The van der Waals surface area contributed by atoms with E-state index < -0.39 is 0 Å². The third-order valence-corrected chi connectivity index (χ3v) is 4.79. The standard InChI is InChI=1S/C17H31N3O/c1-5-10-18-12-16-15(7-11-21-16)13-20(4)14-17(19(2)3)8-6-9-17/h7,11,18H,5-6,8-10,12-14H2,1-4H3. The van der Waals surface area contributed by atoms with Gasteiger partial charge in [-0.1, -0.05) is 6.92 Å². The fraction of sp³-hybridized carbons (Fsp3) is 0.765. The van der Waals surface area contributed by atoms with Gasteiger partial charge in [-0.05, 0) is 59.4 Å². The molecule has 21 heavy (non-hydrogen) atoms. The van der Waals surface area contributed by atoms with Gasteiger partial charge in [-0.25, -0.2) is 0 Å². The van der Waals surface area contributed by atoms with E-state index in [0.29, 0.717) is 5.54 Å². The highest BCUT2D eigenvalue weighted by atomic mass is 16.3. The zero-order valence-corrected chi connectivity index (χ0v) is 14.1. The van der Waals surface area contributed by atoms with Crippen LogP contribution in [-0.4, -0.2) is 49.6 Å². The van der Waals surface area contributed by atoms with Crippen LogP contribution in [-0.2, 0) is 13.1 Å². The summed E-state index contributed by atoms with van der Waals surface area (Å²) in [6.45, 7) is 6.16. The SMILES string of the molecule is CCCNCc1occc1CN(C)CC1(N(C)C)CCC1. The van der Waals surface area contributed by atoms with Crippen molar-refractivity contribution in [2.75, 3.05) is 34.2 Å². The molecule has 1 aromatic heterocycles. The molecule has 0 unspecified atom stereocenters. The van der Waals surface area contributed by atoms with Crippen molar-refractivity contribution in [1.29, 1.82) is 0 Å². The van der Waals surface area contributed by atoms with Gasteiger partial charge < -0.3 is 19.5 Å². The highest BCUT2D eigenvalue weighted by molar-refractivity contribution is 5.17. The van der Waals surface area contributed by atoms with E-state index in [1.807, 2.05) is 6.26 Å². The number of furan rings is 1. The molecule has 4 heteroatoms. The molecule has 0 radical (unpaired) electrons. The van der Waals surface area contributed by atoms with Crippen LogP contribution >= 0.6 is 0 Å². The first-order chi connectivity index (χ1) is 10.1. The molecular formula is C17H31N3O. The lowest BCUT2D eigenvalue weighted by molar-refractivity contribution is 0.0257. The molecule has 4 nitrogen and oxygen atoms in total. The number of rotatable bonds is 9. The topological polar surface area (TPSA) is 31.7 Å². The van der Waals surface area contributed by atoms with E-state index in [4.69, 9.17) is 4.42 Å². The summed E-state index contributed by atoms with van der Waals surface area (Å²) in [5, 5.41) is 3.42. The average Bonchev–Trinajstić information content (AvgIpc) is 2.81. The summed E-state index contributed by atoms with van der Waals surface area (Å²) in [6, 6.07) is 2.11. The minimum Gasteiger partial charge on any atom is -0.468 e. The molecule has 0 amide bonds. The van der Waals surface area contributed by atoms with Gasteiger partial charge in [-0.3, -0.25) is 0 Å². The fourth-order valence-electron chi connectivity index (χ4n) is 3.22. The molecule has 2 rings (SSSR count). The van der Waals surface area contributed by atoms with E-state index in [0.717, 1.165) is 38.4 Å². The van der Waals surface area contributed by atoms with Crippen molar-refractivity contribution in [3.8, 4) is 0 Å². The maximum atomic E-state index is 5.63. The van der Waals surface area contributed by atoms with E-state index in [-0.39, 0.29) is 0 Å². The van der Waals surface area contributed by atoms with Gasteiger partial charge in [0.25, 0.3) is 0 Å². The van der Waals surface area contributed by atoms with Gasteiger partial charge >= 0.3 is 0 Å². The molecule has 0 spiro atoms. The molecule has 0 bridgehead atoms. The summed E-state index contributed by atoms with van der Waals surface area (Å²) in [5.41, 5.74) is 1.70.